The van der Waals surface area contributed by atoms with Gasteiger partial charge in [-0.05, 0) is 12.1 Å². The molecule has 0 aliphatic carbocycles. The van der Waals surface area contributed by atoms with Gasteiger partial charge in [-0.25, -0.2) is 8.42 Å². The SMILES string of the molecule is CC(CO)Sc1ccc(S(C)(=O)=O)cc1[N+](=O)[O-]. The minimum absolute atomic E-state index is 0.0878. The maximum absolute atomic E-state index is 11.3. The first-order valence-corrected chi connectivity index (χ1v) is 7.79. The number of hydrogen-bond acceptors (Lipinski definition) is 6. The molecular weight excluding hydrogens is 278 g/mol. The van der Waals surface area contributed by atoms with E-state index in [4.69, 9.17) is 5.11 Å². The molecule has 0 fully saturated rings. The van der Waals surface area contributed by atoms with Gasteiger partial charge in [-0.15, -0.1) is 11.8 Å². The Hall–Kier alpha value is -1.12. The predicted molar refractivity (Wildman–Crippen MR) is 68.6 cm³/mol. The lowest BCUT2D eigenvalue weighted by Crippen LogP contribution is -2.04. The lowest BCUT2D eigenvalue weighted by atomic mass is 10.3. The predicted octanol–water partition coefficient (Wildman–Crippen LogP) is 1.47. The molecule has 0 aliphatic heterocycles. The molecule has 0 aromatic heterocycles. The monoisotopic (exact) mass is 291 g/mol. The van der Waals surface area contributed by atoms with Gasteiger partial charge in [-0.3, -0.25) is 10.1 Å². The molecular formula is C10H13NO5S2. The minimum atomic E-state index is -3.47. The smallest absolute Gasteiger partial charge is 0.284 e. The molecule has 1 unspecified atom stereocenters. The van der Waals surface area contributed by atoms with E-state index in [9.17, 15) is 18.5 Å². The number of rotatable bonds is 5. The number of thioether (sulfide) groups is 1. The van der Waals surface area contributed by atoms with Gasteiger partial charge in [0.15, 0.2) is 9.84 Å². The van der Waals surface area contributed by atoms with Crippen LogP contribution >= 0.6 is 11.8 Å². The highest BCUT2D eigenvalue weighted by molar-refractivity contribution is 8.00. The third-order valence-electron chi connectivity index (χ3n) is 2.14. The van der Waals surface area contributed by atoms with Crippen LogP contribution in [0.3, 0.4) is 0 Å². The Bertz CT molecular complexity index is 555. The summed E-state index contributed by atoms with van der Waals surface area (Å²) in [6, 6.07) is 3.77. The maximum atomic E-state index is 11.3. The van der Waals surface area contributed by atoms with Crippen molar-refractivity contribution in [1.29, 1.82) is 0 Å². The molecule has 0 aliphatic rings. The first-order chi connectivity index (χ1) is 8.25. The summed E-state index contributed by atoms with van der Waals surface area (Å²) in [5.74, 6) is 0. The van der Waals surface area contributed by atoms with E-state index in [1.54, 1.807) is 6.92 Å². The normalized spacial score (nSPS) is 13.3. The molecule has 100 valence electrons. The van der Waals surface area contributed by atoms with E-state index in [0.29, 0.717) is 4.90 Å². The van der Waals surface area contributed by atoms with E-state index in [0.717, 1.165) is 24.1 Å². The Morgan fingerprint density at radius 2 is 2.11 bits per heavy atom. The summed E-state index contributed by atoms with van der Waals surface area (Å²) in [6.07, 6.45) is 0.995. The lowest BCUT2D eigenvalue weighted by molar-refractivity contribution is -0.388. The number of aliphatic hydroxyl groups is 1. The lowest BCUT2D eigenvalue weighted by Gasteiger charge is -2.08. The van der Waals surface area contributed by atoms with Gasteiger partial charge < -0.3 is 5.11 Å². The van der Waals surface area contributed by atoms with Crippen molar-refractivity contribution in [3.8, 4) is 0 Å². The third kappa shape index (κ3) is 3.69. The van der Waals surface area contributed by atoms with Crippen LogP contribution in [0.2, 0.25) is 0 Å². The summed E-state index contributed by atoms with van der Waals surface area (Å²) in [6.45, 7) is 1.61. The van der Waals surface area contributed by atoms with Crippen LogP contribution in [0, 0.1) is 10.1 Å². The Morgan fingerprint density at radius 3 is 2.56 bits per heavy atom. The molecule has 6 nitrogen and oxygen atoms in total. The van der Waals surface area contributed by atoms with Gasteiger partial charge >= 0.3 is 0 Å². The van der Waals surface area contributed by atoms with Crippen LogP contribution in [0.15, 0.2) is 28.0 Å². The summed E-state index contributed by atoms with van der Waals surface area (Å²) in [5, 5.41) is 19.6. The van der Waals surface area contributed by atoms with Crippen LogP contribution in [0.1, 0.15) is 6.92 Å². The molecule has 0 saturated carbocycles. The van der Waals surface area contributed by atoms with Crippen molar-refractivity contribution in [3.63, 3.8) is 0 Å². The molecule has 0 heterocycles. The molecule has 8 heteroatoms. The van der Waals surface area contributed by atoms with E-state index >= 15 is 0 Å². The summed E-state index contributed by atoms with van der Waals surface area (Å²) in [7, 11) is -3.47. The highest BCUT2D eigenvalue weighted by Gasteiger charge is 2.20. The van der Waals surface area contributed by atoms with Gasteiger partial charge in [0.1, 0.15) is 0 Å². The molecule has 0 saturated heterocycles. The first kappa shape index (κ1) is 14.9. The number of sulfone groups is 1. The van der Waals surface area contributed by atoms with Gasteiger partial charge in [0.25, 0.3) is 5.69 Å². The van der Waals surface area contributed by atoms with E-state index in [2.05, 4.69) is 0 Å². The molecule has 1 aromatic carbocycles. The van der Waals surface area contributed by atoms with Crippen molar-refractivity contribution in [2.24, 2.45) is 0 Å². The van der Waals surface area contributed by atoms with E-state index in [1.807, 2.05) is 0 Å². The molecule has 0 bridgehead atoms. The zero-order chi connectivity index (χ0) is 13.9. The van der Waals surface area contributed by atoms with Crippen molar-refractivity contribution in [3.05, 3.63) is 28.3 Å². The quantitative estimate of drug-likeness (QED) is 0.501. The molecule has 0 radical (unpaired) electrons. The van der Waals surface area contributed by atoms with E-state index in [-0.39, 0.29) is 22.4 Å². The van der Waals surface area contributed by atoms with Gasteiger partial charge in [0, 0.05) is 17.6 Å². The van der Waals surface area contributed by atoms with Gasteiger partial charge in [-0.2, -0.15) is 0 Å². The number of nitro groups is 1. The van der Waals surface area contributed by atoms with Crippen molar-refractivity contribution < 1.29 is 18.4 Å². The number of aliphatic hydroxyl groups excluding tert-OH is 1. The molecule has 1 N–H and O–H groups in total. The second-order valence-electron chi connectivity index (χ2n) is 3.77. The number of benzene rings is 1. The minimum Gasteiger partial charge on any atom is -0.395 e. The highest BCUT2D eigenvalue weighted by atomic mass is 32.2. The van der Waals surface area contributed by atoms with Crippen molar-refractivity contribution in [2.75, 3.05) is 12.9 Å². The number of nitrogens with zero attached hydrogens (tertiary/aromatic N) is 1. The topological polar surface area (TPSA) is 97.5 Å². The third-order valence-corrected chi connectivity index (χ3v) is 4.40. The second kappa shape index (κ2) is 5.68. The largest absolute Gasteiger partial charge is 0.395 e. The fraction of sp³-hybridized carbons (Fsp3) is 0.400. The second-order valence-corrected chi connectivity index (χ2v) is 7.27. The van der Waals surface area contributed by atoms with Crippen LogP contribution in [0.5, 0.6) is 0 Å². The van der Waals surface area contributed by atoms with Crippen molar-refractivity contribution in [2.45, 2.75) is 22.0 Å². The molecule has 0 spiro atoms. The summed E-state index contributed by atoms with van der Waals surface area (Å²) in [4.78, 5) is 10.5. The van der Waals surface area contributed by atoms with Crippen LogP contribution in [0.25, 0.3) is 0 Å². The summed E-state index contributed by atoms with van der Waals surface area (Å²) >= 11 is 1.13. The van der Waals surface area contributed by atoms with Gasteiger partial charge in [-0.1, -0.05) is 6.92 Å². The fourth-order valence-electron chi connectivity index (χ4n) is 1.22. The maximum Gasteiger partial charge on any atom is 0.284 e. The first-order valence-electron chi connectivity index (χ1n) is 5.01. The standard InChI is InChI=1S/C10H13NO5S2/c1-7(6-12)17-10-4-3-8(18(2,15)16)5-9(10)11(13)14/h3-5,7,12H,6H2,1-2H3. The highest BCUT2D eigenvalue weighted by Crippen LogP contribution is 2.33. The van der Waals surface area contributed by atoms with E-state index in [1.165, 1.54) is 12.1 Å². The van der Waals surface area contributed by atoms with E-state index < -0.39 is 14.8 Å². The van der Waals surface area contributed by atoms with Crippen molar-refractivity contribution in [1.82, 2.24) is 0 Å². The molecule has 0 amide bonds. The van der Waals surface area contributed by atoms with Crippen LogP contribution < -0.4 is 0 Å². The zero-order valence-electron chi connectivity index (χ0n) is 9.86. The number of nitro benzene ring substituents is 1. The molecule has 1 rings (SSSR count). The molecule has 18 heavy (non-hydrogen) atoms. The van der Waals surface area contributed by atoms with Gasteiger partial charge in [0.05, 0.1) is 21.3 Å². The summed E-state index contributed by atoms with van der Waals surface area (Å²) < 4.78 is 22.7. The average molecular weight is 291 g/mol. The molecule has 1 atom stereocenters. The fourth-order valence-corrected chi connectivity index (χ4v) is 2.77. The van der Waals surface area contributed by atoms with Gasteiger partial charge in [0.2, 0.25) is 0 Å². The Morgan fingerprint density at radius 1 is 1.50 bits per heavy atom. The Labute approximate surface area is 109 Å². The Kier molecular flexibility index (Phi) is 4.71. The summed E-state index contributed by atoms with van der Waals surface area (Å²) in [5.41, 5.74) is -0.261. The van der Waals surface area contributed by atoms with Crippen LogP contribution in [-0.4, -0.2) is 36.6 Å². The molecule has 1 aromatic rings. The van der Waals surface area contributed by atoms with Crippen LogP contribution in [-0.2, 0) is 9.84 Å². The average Bonchev–Trinajstić information content (AvgIpc) is 2.27. The Balaban J connectivity index is 3.25. The van der Waals surface area contributed by atoms with Crippen molar-refractivity contribution >= 4 is 27.3 Å². The number of hydrogen-bond donors (Lipinski definition) is 1. The van der Waals surface area contributed by atoms with Crippen LogP contribution in [0.4, 0.5) is 5.69 Å². The zero-order valence-corrected chi connectivity index (χ0v) is 11.5.